The highest BCUT2D eigenvalue weighted by Gasteiger charge is 2.24. The fourth-order valence-corrected chi connectivity index (χ4v) is 4.09. The first kappa shape index (κ1) is 17.1. The van der Waals surface area contributed by atoms with Crippen molar-refractivity contribution in [3.8, 4) is 5.75 Å². The van der Waals surface area contributed by atoms with Gasteiger partial charge in [-0.05, 0) is 39.7 Å². The Kier molecular flexibility index (Phi) is 5.18. The van der Waals surface area contributed by atoms with E-state index in [1.807, 2.05) is 35.2 Å². The van der Waals surface area contributed by atoms with Gasteiger partial charge in [0.1, 0.15) is 12.3 Å². The molecule has 0 spiro atoms. The van der Waals surface area contributed by atoms with Crippen molar-refractivity contribution in [1.82, 2.24) is 4.90 Å². The molecule has 0 aliphatic carbocycles. The summed E-state index contributed by atoms with van der Waals surface area (Å²) in [5.41, 5.74) is 1.39. The molecule has 0 atom stereocenters. The third-order valence-electron chi connectivity index (χ3n) is 4.94. The van der Waals surface area contributed by atoms with Gasteiger partial charge >= 0.3 is 0 Å². The second-order valence-corrected chi connectivity index (χ2v) is 7.52. The normalized spacial score (nSPS) is 15.3. The number of quaternary nitrogens is 1. The van der Waals surface area contributed by atoms with Gasteiger partial charge in [-0.2, -0.15) is 11.3 Å². The maximum Gasteiger partial charge on any atom is 0.260 e. The van der Waals surface area contributed by atoms with Gasteiger partial charge in [0.25, 0.3) is 5.91 Å². The molecule has 1 saturated heterocycles. The quantitative estimate of drug-likeness (QED) is 0.750. The molecule has 2 aromatic carbocycles. The van der Waals surface area contributed by atoms with Crippen LogP contribution in [0.4, 0.5) is 0 Å². The standard InChI is InChI=1S/C21H22N2O2S/c24-21(15-25-20-6-5-18-3-1-2-4-19(18)13-20)23-10-8-22(9-11-23)14-17-7-12-26-16-17/h1-7,12-13,16H,8-11,14-15H2/p+1. The van der Waals surface area contributed by atoms with Crippen molar-refractivity contribution in [3.05, 3.63) is 64.9 Å². The second kappa shape index (κ2) is 7.89. The summed E-state index contributed by atoms with van der Waals surface area (Å²) >= 11 is 1.74. The number of thiophene rings is 1. The Hall–Kier alpha value is -2.37. The minimum Gasteiger partial charge on any atom is -0.484 e. The van der Waals surface area contributed by atoms with Gasteiger partial charge in [0, 0.05) is 5.56 Å². The number of rotatable bonds is 5. The zero-order valence-electron chi connectivity index (χ0n) is 14.7. The number of nitrogens with one attached hydrogen (secondary N) is 1. The van der Waals surface area contributed by atoms with Crippen LogP contribution in [0.2, 0.25) is 0 Å². The Morgan fingerprint density at radius 2 is 1.88 bits per heavy atom. The Morgan fingerprint density at radius 3 is 2.65 bits per heavy atom. The number of carbonyl (C=O) groups excluding carboxylic acids is 1. The number of nitrogens with zero attached hydrogens (tertiary/aromatic N) is 1. The summed E-state index contributed by atoms with van der Waals surface area (Å²) in [6, 6.07) is 16.3. The second-order valence-electron chi connectivity index (χ2n) is 6.74. The molecule has 1 aliphatic heterocycles. The van der Waals surface area contributed by atoms with Crippen molar-refractivity contribution in [1.29, 1.82) is 0 Å². The van der Waals surface area contributed by atoms with E-state index in [4.69, 9.17) is 4.74 Å². The van der Waals surface area contributed by atoms with Crippen LogP contribution in [0.15, 0.2) is 59.3 Å². The molecule has 3 aromatic rings. The van der Waals surface area contributed by atoms with Gasteiger partial charge in [0.15, 0.2) is 6.61 Å². The van der Waals surface area contributed by atoms with E-state index in [1.165, 1.54) is 10.9 Å². The highest BCUT2D eigenvalue weighted by Crippen LogP contribution is 2.20. The van der Waals surface area contributed by atoms with Gasteiger partial charge in [-0.15, -0.1) is 0 Å². The molecule has 0 bridgehead atoms. The molecular weight excluding hydrogens is 344 g/mol. The van der Waals surface area contributed by atoms with Crippen LogP contribution in [0.25, 0.3) is 10.8 Å². The molecule has 1 fully saturated rings. The van der Waals surface area contributed by atoms with Gasteiger partial charge in [-0.3, -0.25) is 4.79 Å². The van der Waals surface area contributed by atoms with E-state index in [9.17, 15) is 4.79 Å². The van der Waals surface area contributed by atoms with Crippen molar-refractivity contribution >= 4 is 28.0 Å². The van der Waals surface area contributed by atoms with Crippen LogP contribution in [0.3, 0.4) is 0 Å². The third kappa shape index (κ3) is 4.06. The molecule has 1 N–H and O–H groups in total. The van der Waals surface area contributed by atoms with E-state index in [0.717, 1.165) is 43.9 Å². The Balaban J connectivity index is 1.27. The lowest BCUT2D eigenvalue weighted by molar-refractivity contribution is -0.917. The number of benzene rings is 2. The van der Waals surface area contributed by atoms with Crippen molar-refractivity contribution in [3.63, 3.8) is 0 Å². The molecule has 0 saturated carbocycles. The molecule has 1 amide bonds. The Morgan fingerprint density at radius 1 is 1.08 bits per heavy atom. The first-order valence-electron chi connectivity index (χ1n) is 9.02. The van der Waals surface area contributed by atoms with E-state index in [-0.39, 0.29) is 12.5 Å². The van der Waals surface area contributed by atoms with Crippen LogP contribution in [-0.2, 0) is 11.3 Å². The van der Waals surface area contributed by atoms with Crippen LogP contribution >= 0.6 is 11.3 Å². The van der Waals surface area contributed by atoms with Crippen LogP contribution < -0.4 is 9.64 Å². The molecule has 134 valence electrons. The number of hydrogen-bond acceptors (Lipinski definition) is 3. The number of piperazine rings is 1. The molecule has 0 radical (unpaired) electrons. The summed E-state index contributed by atoms with van der Waals surface area (Å²) in [4.78, 5) is 15.9. The van der Waals surface area contributed by atoms with Gasteiger partial charge in [-0.25, -0.2) is 0 Å². The molecular formula is C21H23N2O2S+. The maximum atomic E-state index is 12.5. The summed E-state index contributed by atoms with van der Waals surface area (Å²) in [6.07, 6.45) is 0. The SMILES string of the molecule is O=C(COc1ccc2ccccc2c1)N1CC[NH+](Cc2ccsc2)CC1. The van der Waals surface area contributed by atoms with E-state index < -0.39 is 0 Å². The van der Waals surface area contributed by atoms with E-state index in [2.05, 4.69) is 29.0 Å². The van der Waals surface area contributed by atoms with E-state index in [0.29, 0.717) is 0 Å². The average Bonchev–Trinajstić information content (AvgIpc) is 3.19. The summed E-state index contributed by atoms with van der Waals surface area (Å²) < 4.78 is 5.74. The van der Waals surface area contributed by atoms with Crippen LogP contribution in [0, 0.1) is 0 Å². The molecule has 1 aliphatic rings. The predicted octanol–water partition coefficient (Wildman–Crippen LogP) is 2.21. The number of amides is 1. The number of ether oxygens (including phenoxy) is 1. The molecule has 26 heavy (non-hydrogen) atoms. The lowest BCUT2D eigenvalue weighted by atomic mass is 10.1. The minimum atomic E-state index is 0.0766. The topological polar surface area (TPSA) is 34.0 Å². The van der Waals surface area contributed by atoms with Gasteiger partial charge in [-0.1, -0.05) is 30.3 Å². The average molecular weight is 367 g/mol. The molecule has 2 heterocycles. The van der Waals surface area contributed by atoms with Crippen molar-refractivity contribution in [2.24, 2.45) is 0 Å². The van der Waals surface area contributed by atoms with Crippen molar-refractivity contribution in [2.45, 2.75) is 6.54 Å². The lowest BCUT2D eigenvalue weighted by Gasteiger charge is -2.32. The highest BCUT2D eigenvalue weighted by atomic mass is 32.1. The Bertz CT molecular complexity index is 871. The first-order valence-corrected chi connectivity index (χ1v) is 9.96. The first-order chi connectivity index (χ1) is 12.8. The van der Waals surface area contributed by atoms with Gasteiger partial charge in [0.2, 0.25) is 0 Å². The molecule has 1 aromatic heterocycles. The predicted molar refractivity (Wildman–Crippen MR) is 105 cm³/mol. The zero-order chi connectivity index (χ0) is 17.8. The summed E-state index contributed by atoms with van der Waals surface area (Å²) in [5.74, 6) is 0.825. The summed E-state index contributed by atoms with van der Waals surface area (Å²) in [5, 5.41) is 6.64. The highest BCUT2D eigenvalue weighted by molar-refractivity contribution is 7.07. The minimum absolute atomic E-state index is 0.0766. The largest absolute Gasteiger partial charge is 0.484 e. The third-order valence-corrected chi connectivity index (χ3v) is 5.67. The lowest BCUT2D eigenvalue weighted by Crippen LogP contribution is -3.13. The number of hydrogen-bond donors (Lipinski definition) is 1. The maximum absolute atomic E-state index is 12.5. The summed E-state index contributed by atoms with van der Waals surface area (Å²) in [7, 11) is 0. The van der Waals surface area contributed by atoms with Gasteiger partial charge < -0.3 is 14.5 Å². The fourth-order valence-electron chi connectivity index (χ4n) is 3.42. The number of fused-ring (bicyclic) bond motifs is 1. The fraction of sp³-hybridized carbons (Fsp3) is 0.286. The molecule has 4 nitrogen and oxygen atoms in total. The van der Waals surface area contributed by atoms with Crippen molar-refractivity contribution < 1.29 is 14.4 Å². The van der Waals surface area contributed by atoms with Crippen LogP contribution in [0.1, 0.15) is 5.56 Å². The Labute approximate surface area is 157 Å². The summed E-state index contributed by atoms with van der Waals surface area (Å²) in [6.45, 7) is 4.77. The van der Waals surface area contributed by atoms with Crippen LogP contribution in [0.5, 0.6) is 5.75 Å². The molecule has 5 heteroatoms. The van der Waals surface area contributed by atoms with E-state index >= 15 is 0 Å². The molecule has 4 rings (SSSR count). The van der Waals surface area contributed by atoms with E-state index in [1.54, 1.807) is 16.2 Å². The van der Waals surface area contributed by atoms with Crippen molar-refractivity contribution in [2.75, 3.05) is 32.8 Å². The van der Waals surface area contributed by atoms with Crippen LogP contribution in [-0.4, -0.2) is 43.6 Å². The smallest absolute Gasteiger partial charge is 0.260 e. The zero-order valence-corrected chi connectivity index (χ0v) is 15.5. The number of carbonyl (C=O) groups is 1. The molecule has 0 unspecified atom stereocenters. The van der Waals surface area contributed by atoms with Gasteiger partial charge in [0.05, 0.1) is 26.2 Å². The monoisotopic (exact) mass is 367 g/mol.